The Hall–Kier alpha value is -2.69. The molecule has 0 aromatic heterocycles. The van der Waals surface area contributed by atoms with Crippen LogP contribution in [-0.4, -0.2) is 34.9 Å². The van der Waals surface area contributed by atoms with Crippen LogP contribution < -0.4 is 5.32 Å². The molecule has 0 aromatic carbocycles. The number of carbonyl (C=O) groups is 1. The monoisotopic (exact) mass is 832 g/mol. The van der Waals surface area contributed by atoms with Gasteiger partial charge in [0.2, 0.25) is 5.91 Å². The van der Waals surface area contributed by atoms with Gasteiger partial charge in [-0.1, -0.05) is 239 Å². The van der Waals surface area contributed by atoms with E-state index in [-0.39, 0.29) is 12.5 Å². The first-order valence-electron chi connectivity index (χ1n) is 25.5. The second-order valence-electron chi connectivity index (χ2n) is 16.8. The molecule has 60 heavy (non-hydrogen) atoms. The van der Waals surface area contributed by atoms with Crippen molar-refractivity contribution < 1.29 is 15.0 Å². The molecule has 0 aliphatic heterocycles. The van der Waals surface area contributed by atoms with E-state index in [0.29, 0.717) is 6.42 Å². The number of allylic oxidation sites excluding steroid dienone is 15. The first kappa shape index (κ1) is 57.3. The summed E-state index contributed by atoms with van der Waals surface area (Å²) in [6.07, 6.45) is 75.5. The molecule has 0 fully saturated rings. The summed E-state index contributed by atoms with van der Waals surface area (Å²) in [6, 6.07) is -0.642. The topological polar surface area (TPSA) is 69.6 Å². The summed E-state index contributed by atoms with van der Waals surface area (Å²) < 4.78 is 0. The molecule has 0 aromatic rings. The molecule has 2 unspecified atom stereocenters. The van der Waals surface area contributed by atoms with Crippen LogP contribution in [0.3, 0.4) is 0 Å². The molecule has 0 heterocycles. The molecular weight excluding hydrogens is 735 g/mol. The highest BCUT2D eigenvalue weighted by Crippen LogP contribution is 2.15. The van der Waals surface area contributed by atoms with Gasteiger partial charge in [-0.05, 0) is 83.5 Å². The summed E-state index contributed by atoms with van der Waals surface area (Å²) in [4.78, 5) is 12.4. The van der Waals surface area contributed by atoms with Gasteiger partial charge >= 0.3 is 0 Å². The van der Waals surface area contributed by atoms with E-state index >= 15 is 0 Å². The van der Waals surface area contributed by atoms with Gasteiger partial charge < -0.3 is 15.5 Å². The van der Waals surface area contributed by atoms with Crippen LogP contribution in [0.5, 0.6) is 0 Å². The number of hydrogen-bond acceptors (Lipinski definition) is 3. The van der Waals surface area contributed by atoms with Crippen molar-refractivity contribution >= 4 is 5.91 Å². The number of hydrogen-bond donors (Lipinski definition) is 3. The van der Waals surface area contributed by atoms with Crippen LogP contribution in [0.25, 0.3) is 0 Å². The lowest BCUT2D eigenvalue weighted by Crippen LogP contribution is -2.45. The summed E-state index contributed by atoms with van der Waals surface area (Å²) in [5.74, 6) is -0.0772. The van der Waals surface area contributed by atoms with E-state index < -0.39 is 12.1 Å². The molecule has 1 amide bonds. The molecule has 0 saturated heterocycles. The molecule has 3 N–H and O–H groups in total. The van der Waals surface area contributed by atoms with Gasteiger partial charge in [-0.2, -0.15) is 0 Å². The van der Waals surface area contributed by atoms with Crippen molar-refractivity contribution in [2.24, 2.45) is 0 Å². The zero-order valence-electron chi connectivity index (χ0n) is 39.4. The second kappa shape index (κ2) is 50.7. The lowest BCUT2D eigenvalue weighted by atomic mass is 10.0. The Morgan fingerprint density at radius 1 is 0.417 bits per heavy atom. The van der Waals surface area contributed by atoms with E-state index in [2.05, 4.69) is 104 Å². The minimum absolute atomic E-state index is 0.0772. The van der Waals surface area contributed by atoms with Crippen molar-refractivity contribution in [2.75, 3.05) is 6.61 Å². The van der Waals surface area contributed by atoms with Crippen LogP contribution in [-0.2, 0) is 4.79 Å². The summed E-state index contributed by atoms with van der Waals surface area (Å²) in [5.41, 5.74) is 0. The van der Waals surface area contributed by atoms with Gasteiger partial charge in [0.25, 0.3) is 0 Å². The lowest BCUT2D eigenvalue weighted by Gasteiger charge is -2.19. The molecule has 0 spiro atoms. The first-order chi connectivity index (χ1) is 29.7. The molecule has 0 bridgehead atoms. The van der Waals surface area contributed by atoms with E-state index in [9.17, 15) is 15.0 Å². The maximum atomic E-state index is 12.4. The molecule has 0 aliphatic rings. The van der Waals surface area contributed by atoms with Crippen LogP contribution in [0.4, 0.5) is 0 Å². The number of unbranched alkanes of at least 4 members (excludes halogenated alkanes) is 24. The SMILES string of the molecule is CC/C=C\C/C=C\C/C=C\C/C=C\C/C=C\C/C=C\CCCCCCCCCCCCCCCCCCC(=O)NC(CO)C(O)/C=C/CC/C=C/CCCCCCCCC. The Kier molecular flexibility index (Phi) is 48.4. The Bertz CT molecular complexity index is 1130. The average molecular weight is 832 g/mol. The molecule has 344 valence electrons. The van der Waals surface area contributed by atoms with Crippen molar-refractivity contribution in [1.29, 1.82) is 0 Å². The molecule has 0 radical (unpaired) electrons. The zero-order valence-corrected chi connectivity index (χ0v) is 39.4. The fraction of sp³-hybridized carbons (Fsp3) is 0.696. The van der Waals surface area contributed by atoms with Crippen LogP contribution in [0.1, 0.15) is 232 Å². The van der Waals surface area contributed by atoms with Crippen LogP contribution in [0.2, 0.25) is 0 Å². The van der Waals surface area contributed by atoms with Gasteiger partial charge in [0, 0.05) is 6.42 Å². The molecule has 4 heteroatoms. The van der Waals surface area contributed by atoms with Crippen molar-refractivity contribution in [2.45, 2.75) is 244 Å². The minimum atomic E-state index is -0.865. The normalized spacial score (nSPS) is 13.7. The van der Waals surface area contributed by atoms with Gasteiger partial charge in [-0.15, -0.1) is 0 Å². The predicted molar refractivity (Wildman–Crippen MR) is 266 cm³/mol. The second-order valence-corrected chi connectivity index (χ2v) is 16.8. The van der Waals surface area contributed by atoms with E-state index in [1.165, 1.54) is 141 Å². The van der Waals surface area contributed by atoms with E-state index in [4.69, 9.17) is 0 Å². The predicted octanol–water partition coefficient (Wildman–Crippen LogP) is 16.6. The van der Waals surface area contributed by atoms with E-state index in [0.717, 1.165) is 70.6 Å². The fourth-order valence-electron chi connectivity index (χ4n) is 7.20. The highest BCUT2D eigenvalue weighted by Gasteiger charge is 2.17. The zero-order chi connectivity index (χ0) is 43.5. The smallest absolute Gasteiger partial charge is 0.220 e. The Balaban J connectivity index is 3.53. The number of nitrogens with one attached hydrogen (secondary N) is 1. The Morgan fingerprint density at radius 3 is 1.17 bits per heavy atom. The maximum absolute atomic E-state index is 12.4. The van der Waals surface area contributed by atoms with Gasteiger partial charge in [0.05, 0.1) is 18.8 Å². The summed E-state index contributed by atoms with van der Waals surface area (Å²) in [6.45, 7) is 4.17. The molecule has 2 atom stereocenters. The maximum Gasteiger partial charge on any atom is 0.220 e. The number of amides is 1. The Morgan fingerprint density at radius 2 is 0.750 bits per heavy atom. The third-order valence-electron chi connectivity index (χ3n) is 11.1. The quantitative estimate of drug-likeness (QED) is 0.0423. The van der Waals surface area contributed by atoms with Crippen molar-refractivity contribution in [3.05, 3.63) is 97.2 Å². The van der Waals surface area contributed by atoms with Gasteiger partial charge in [0.15, 0.2) is 0 Å². The Labute approximate surface area is 373 Å². The third kappa shape index (κ3) is 46.4. The molecule has 4 nitrogen and oxygen atoms in total. The molecule has 0 saturated carbocycles. The highest BCUT2D eigenvalue weighted by atomic mass is 16.3. The summed E-state index contributed by atoms with van der Waals surface area (Å²) in [5, 5.41) is 23.0. The number of aliphatic hydroxyl groups excluding tert-OH is 2. The highest BCUT2D eigenvalue weighted by molar-refractivity contribution is 5.76. The summed E-state index contributed by atoms with van der Waals surface area (Å²) >= 11 is 0. The van der Waals surface area contributed by atoms with Gasteiger partial charge in [-0.25, -0.2) is 0 Å². The number of rotatable bonds is 45. The van der Waals surface area contributed by atoms with Crippen molar-refractivity contribution in [3.8, 4) is 0 Å². The summed E-state index contributed by atoms with van der Waals surface area (Å²) in [7, 11) is 0. The van der Waals surface area contributed by atoms with Crippen LogP contribution in [0.15, 0.2) is 97.2 Å². The van der Waals surface area contributed by atoms with Gasteiger partial charge in [-0.3, -0.25) is 4.79 Å². The largest absolute Gasteiger partial charge is 0.394 e. The van der Waals surface area contributed by atoms with Crippen LogP contribution >= 0.6 is 0 Å². The van der Waals surface area contributed by atoms with Crippen LogP contribution in [0, 0.1) is 0 Å². The first-order valence-corrected chi connectivity index (χ1v) is 25.5. The molecule has 0 aliphatic carbocycles. The van der Waals surface area contributed by atoms with Crippen molar-refractivity contribution in [3.63, 3.8) is 0 Å². The number of aliphatic hydroxyl groups is 2. The van der Waals surface area contributed by atoms with Gasteiger partial charge in [0.1, 0.15) is 0 Å². The molecule has 0 rings (SSSR count). The average Bonchev–Trinajstić information content (AvgIpc) is 3.25. The number of carbonyl (C=O) groups excluding carboxylic acids is 1. The van der Waals surface area contributed by atoms with Crippen molar-refractivity contribution in [1.82, 2.24) is 5.32 Å². The van der Waals surface area contributed by atoms with E-state index in [1.807, 2.05) is 6.08 Å². The lowest BCUT2D eigenvalue weighted by molar-refractivity contribution is -0.123. The fourth-order valence-corrected chi connectivity index (χ4v) is 7.20. The molecular formula is C56H97NO3. The minimum Gasteiger partial charge on any atom is -0.394 e. The third-order valence-corrected chi connectivity index (χ3v) is 11.1. The van der Waals surface area contributed by atoms with E-state index in [1.54, 1.807) is 6.08 Å². The standard InChI is InChI=1S/C56H97NO3/c1-3-5-7-9-11-13-15-17-18-19-20-21-22-23-24-25-26-27-28-29-30-31-32-33-34-35-36-37-38-40-42-44-46-48-50-52-56(60)57-54(53-58)55(59)51-49-47-45-43-41-39-16-14-12-10-8-6-4-2/h5,7,11,13,17-18,20-21,23-24,26-27,41,43,49,51,54-55,58-59H,3-4,6,8-10,12,14-16,19,22,25,28-40,42,44-48,50,52-53H2,1-2H3,(H,57,60)/b7-5-,13-11-,18-17-,21-20-,24-23-,27-26-,43-41+,51-49+.